The Hall–Kier alpha value is -4.50. The molecular weight excluding hydrogens is 496 g/mol. The van der Waals surface area contributed by atoms with E-state index in [1.807, 2.05) is 107 Å². The number of Topliss-reactive ketones (excluding diaryl/α,β-unsaturated/α-hetero) is 1. The molecule has 0 aliphatic rings. The van der Waals surface area contributed by atoms with Crippen molar-refractivity contribution < 1.29 is 9.53 Å². The molecule has 0 N–H and O–H groups in total. The number of hydrogen-bond donors (Lipinski definition) is 0. The monoisotopic (exact) mass is 522 g/mol. The second-order valence-electron chi connectivity index (χ2n) is 8.44. The molecule has 190 valence electrons. The van der Waals surface area contributed by atoms with Crippen LogP contribution in [0.4, 0.5) is 0 Å². The van der Waals surface area contributed by atoms with Gasteiger partial charge in [-0.25, -0.2) is 4.68 Å². The molecule has 3 aromatic carbocycles. The summed E-state index contributed by atoms with van der Waals surface area (Å²) in [6.07, 6.45) is 3.63. The van der Waals surface area contributed by atoms with Crippen molar-refractivity contribution >= 4 is 23.8 Å². The van der Waals surface area contributed by atoms with Crippen molar-refractivity contribution in [2.75, 3.05) is 19.4 Å². The first kappa shape index (κ1) is 25.2. The summed E-state index contributed by atoms with van der Waals surface area (Å²) in [6, 6.07) is 27.4. The molecule has 38 heavy (non-hydrogen) atoms. The molecule has 2 aromatic heterocycles. The van der Waals surface area contributed by atoms with Crippen LogP contribution < -0.4 is 4.74 Å². The summed E-state index contributed by atoms with van der Waals surface area (Å²) in [4.78, 5) is 17.1. The molecule has 2 heterocycles. The van der Waals surface area contributed by atoms with E-state index >= 15 is 0 Å². The lowest BCUT2D eigenvalue weighted by Gasteiger charge is -2.07. The van der Waals surface area contributed by atoms with Crippen LogP contribution in [-0.4, -0.2) is 56.0 Å². The Morgan fingerprint density at radius 2 is 1.63 bits per heavy atom. The van der Waals surface area contributed by atoms with Gasteiger partial charge in [-0.05, 0) is 55.5 Å². The zero-order chi connectivity index (χ0) is 26.3. The lowest BCUT2D eigenvalue weighted by atomic mass is 10.1. The highest BCUT2D eigenvalue weighted by molar-refractivity contribution is 7.99. The maximum atomic E-state index is 12.7. The molecule has 0 aliphatic carbocycles. The third kappa shape index (κ3) is 5.73. The standard InChI is InChI=1S/C29H26N6O2S/c1-21-31-32-29(35(21)25-11-7-4-8-12-25)38-20-26(36)18-30-17-23-19-34(24-9-5-3-6-10-24)33-28(23)22-13-15-27(37-2)16-14-22/h3-17,19H,18,20H2,1-2H3. The lowest BCUT2D eigenvalue weighted by Crippen LogP contribution is -2.07. The van der Waals surface area contributed by atoms with Crippen LogP contribution >= 0.6 is 11.8 Å². The Morgan fingerprint density at radius 1 is 0.947 bits per heavy atom. The van der Waals surface area contributed by atoms with Crippen molar-refractivity contribution in [3.05, 3.63) is 103 Å². The molecule has 5 rings (SSSR count). The van der Waals surface area contributed by atoms with Gasteiger partial charge in [-0.15, -0.1) is 10.2 Å². The quantitative estimate of drug-likeness (QED) is 0.185. The number of nitrogens with zero attached hydrogens (tertiary/aromatic N) is 6. The first-order valence-corrected chi connectivity index (χ1v) is 13.0. The molecule has 5 aromatic rings. The summed E-state index contributed by atoms with van der Waals surface area (Å²) in [6.45, 7) is 1.95. The predicted molar refractivity (Wildman–Crippen MR) is 150 cm³/mol. The van der Waals surface area contributed by atoms with Gasteiger partial charge >= 0.3 is 0 Å². The van der Waals surface area contributed by atoms with Gasteiger partial charge in [0.2, 0.25) is 0 Å². The Labute approximate surface area is 225 Å². The number of aliphatic imine (C=N–C) groups is 1. The molecule has 0 saturated heterocycles. The van der Waals surface area contributed by atoms with Gasteiger partial charge in [0.15, 0.2) is 10.9 Å². The van der Waals surface area contributed by atoms with Crippen LogP contribution in [0.1, 0.15) is 11.4 Å². The number of ketones is 1. The molecule has 0 aliphatic heterocycles. The van der Waals surface area contributed by atoms with E-state index in [1.54, 1.807) is 13.3 Å². The zero-order valence-electron chi connectivity index (χ0n) is 21.1. The van der Waals surface area contributed by atoms with Crippen molar-refractivity contribution in [2.24, 2.45) is 4.99 Å². The first-order valence-electron chi connectivity index (χ1n) is 12.0. The number of carbonyl (C=O) groups is 1. The lowest BCUT2D eigenvalue weighted by molar-refractivity contribution is -0.115. The summed E-state index contributed by atoms with van der Waals surface area (Å²) in [5.74, 6) is 1.78. The Morgan fingerprint density at radius 3 is 2.32 bits per heavy atom. The van der Waals surface area contributed by atoms with E-state index in [9.17, 15) is 4.79 Å². The highest BCUT2D eigenvalue weighted by atomic mass is 32.2. The Kier molecular flexibility index (Phi) is 7.75. The van der Waals surface area contributed by atoms with E-state index in [4.69, 9.17) is 9.84 Å². The molecule has 0 fully saturated rings. The third-order valence-corrected chi connectivity index (χ3v) is 6.79. The van der Waals surface area contributed by atoms with Gasteiger partial charge in [-0.3, -0.25) is 14.4 Å². The second-order valence-corrected chi connectivity index (χ2v) is 9.38. The molecule has 8 nitrogen and oxygen atoms in total. The number of carbonyl (C=O) groups excluding carboxylic acids is 1. The molecule has 0 bridgehead atoms. The first-order chi connectivity index (χ1) is 18.6. The maximum Gasteiger partial charge on any atom is 0.196 e. The van der Waals surface area contributed by atoms with Crippen molar-refractivity contribution in [1.29, 1.82) is 0 Å². The minimum absolute atomic E-state index is 0.00652. The predicted octanol–water partition coefficient (Wildman–Crippen LogP) is 5.22. The minimum Gasteiger partial charge on any atom is -0.497 e. The van der Waals surface area contributed by atoms with Crippen LogP contribution in [0.15, 0.2) is 101 Å². The molecule has 0 amide bonds. The van der Waals surface area contributed by atoms with Gasteiger partial charge in [0.1, 0.15) is 17.3 Å². The van der Waals surface area contributed by atoms with Gasteiger partial charge in [-0.1, -0.05) is 48.2 Å². The average Bonchev–Trinajstić information content (AvgIpc) is 3.56. The number of aryl methyl sites for hydroxylation is 1. The van der Waals surface area contributed by atoms with Gasteiger partial charge in [-0.2, -0.15) is 5.10 Å². The normalized spacial score (nSPS) is 11.2. The zero-order valence-corrected chi connectivity index (χ0v) is 21.9. The number of benzene rings is 3. The number of aromatic nitrogens is 5. The fraction of sp³-hybridized carbons (Fsp3) is 0.138. The smallest absolute Gasteiger partial charge is 0.196 e. The fourth-order valence-electron chi connectivity index (χ4n) is 3.92. The van der Waals surface area contributed by atoms with Crippen LogP contribution in [-0.2, 0) is 4.79 Å². The summed E-state index contributed by atoms with van der Waals surface area (Å²) >= 11 is 1.36. The molecule has 9 heteroatoms. The second kappa shape index (κ2) is 11.7. The van der Waals surface area contributed by atoms with Crippen molar-refractivity contribution in [3.8, 4) is 28.4 Å². The Balaban J connectivity index is 1.30. The van der Waals surface area contributed by atoms with E-state index in [2.05, 4.69) is 15.2 Å². The van der Waals surface area contributed by atoms with Crippen LogP contribution in [0.3, 0.4) is 0 Å². The van der Waals surface area contributed by atoms with Gasteiger partial charge in [0.25, 0.3) is 0 Å². The van der Waals surface area contributed by atoms with E-state index in [0.717, 1.165) is 39.8 Å². The van der Waals surface area contributed by atoms with Crippen molar-refractivity contribution in [1.82, 2.24) is 24.5 Å². The molecule has 0 saturated carbocycles. The van der Waals surface area contributed by atoms with Crippen molar-refractivity contribution in [3.63, 3.8) is 0 Å². The van der Waals surface area contributed by atoms with E-state index in [0.29, 0.717) is 5.16 Å². The molecule has 0 atom stereocenters. The highest BCUT2D eigenvalue weighted by Crippen LogP contribution is 2.25. The fourth-order valence-corrected chi connectivity index (χ4v) is 4.76. The maximum absolute atomic E-state index is 12.7. The molecule has 0 spiro atoms. The number of hydrogen-bond acceptors (Lipinski definition) is 7. The van der Waals surface area contributed by atoms with Gasteiger partial charge in [0.05, 0.1) is 25.1 Å². The molecular formula is C29H26N6O2S. The van der Waals surface area contributed by atoms with E-state index in [1.165, 1.54) is 11.8 Å². The largest absolute Gasteiger partial charge is 0.497 e. The summed E-state index contributed by atoms with van der Waals surface area (Å²) < 4.78 is 9.05. The summed E-state index contributed by atoms with van der Waals surface area (Å²) in [5, 5.41) is 13.9. The molecule has 0 radical (unpaired) electrons. The summed E-state index contributed by atoms with van der Waals surface area (Å²) in [7, 11) is 1.64. The van der Waals surface area contributed by atoms with E-state index < -0.39 is 0 Å². The van der Waals surface area contributed by atoms with E-state index in [-0.39, 0.29) is 18.1 Å². The SMILES string of the molecule is COc1ccc(-c2nn(-c3ccccc3)cc2C=NCC(=O)CSc2nnc(C)n2-c2ccccc2)cc1. The molecule has 0 unspecified atom stereocenters. The minimum atomic E-state index is -0.00652. The number of rotatable bonds is 10. The van der Waals surface area contributed by atoms with Crippen LogP contribution in [0.25, 0.3) is 22.6 Å². The third-order valence-electron chi connectivity index (χ3n) is 5.80. The van der Waals surface area contributed by atoms with Crippen molar-refractivity contribution in [2.45, 2.75) is 12.1 Å². The Bertz CT molecular complexity index is 1540. The van der Waals surface area contributed by atoms with Crippen LogP contribution in [0.5, 0.6) is 5.75 Å². The average molecular weight is 523 g/mol. The number of para-hydroxylation sites is 2. The van der Waals surface area contributed by atoms with Crippen LogP contribution in [0.2, 0.25) is 0 Å². The topological polar surface area (TPSA) is 87.2 Å². The van der Waals surface area contributed by atoms with Crippen LogP contribution in [0, 0.1) is 6.92 Å². The highest BCUT2D eigenvalue weighted by Gasteiger charge is 2.14. The number of ether oxygens (including phenoxy) is 1. The van der Waals surface area contributed by atoms with Gasteiger partial charge < -0.3 is 4.74 Å². The number of methoxy groups -OCH3 is 1. The van der Waals surface area contributed by atoms with Gasteiger partial charge in [0, 0.05) is 29.2 Å². The number of thioether (sulfide) groups is 1. The summed E-state index contributed by atoms with van der Waals surface area (Å²) in [5.41, 5.74) is 4.42.